The Morgan fingerprint density at radius 3 is 2.63 bits per heavy atom. The van der Waals surface area contributed by atoms with Gasteiger partial charge in [-0.1, -0.05) is 13.8 Å². The summed E-state index contributed by atoms with van der Waals surface area (Å²) in [5.74, 6) is 0.913. The third-order valence-electron chi connectivity index (χ3n) is 2.46. The van der Waals surface area contributed by atoms with E-state index >= 15 is 0 Å². The van der Waals surface area contributed by atoms with Crippen LogP contribution in [0.2, 0.25) is 0 Å². The molecule has 1 aromatic carbocycles. The van der Waals surface area contributed by atoms with E-state index in [2.05, 4.69) is 35.1 Å². The second kappa shape index (κ2) is 8.51. The van der Waals surface area contributed by atoms with Crippen molar-refractivity contribution >= 4 is 15.9 Å². The van der Waals surface area contributed by atoms with Crippen molar-refractivity contribution in [1.29, 1.82) is 0 Å². The second-order valence-corrected chi connectivity index (χ2v) is 5.68. The van der Waals surface area contributed by atoms with Crippen molar-refractivity contribution < 1.29 is 13.9 Å². The van der Waals surface area contributed by atoms with E-state index in [0.29, 0.717) is 29.3 Å². The lowest BCUT2D eigenvalue weighted by Crippen LogP contribution is -2.36. The van der Waals surface area contributed by atoms with Gasteiger partial charge in [0, 0.05) is 13.7 Å². The topological polar surface area (TPSA) is 30.5 Å². The molecule has 0 saturated heterocycles. The van der Waals surface area contributed by atoms with E-state index in [1.54, 1.807) is 13.2 Å². The van der Waals surface area contributed by atoms with Gasteiger partial charge in [-0.3, -0.25) is 0 Å². The van der Waals surface area contributed by atoms with Gasteiger partial charge in [-0.15, -0.1) is 0 Å². The Morgan fingerprint density at radius 2 is 2.05 bits per heavy atom. The fourth-order valence-electron chi connectivity index (χ4n) is 1.60. The van der Waals surface area contributed by atoms with E-state index < -0.39 is 0 Å². The molecule has 3 nitrogen and oxygen atoms in total. The van der Waals surface area contributed by atoms with Gasteiger partial charge < -0.3 is 14.8 Å². The first kappa shape index (κ1) is 16.4. The minimum absolute atomic E-state index is 0.106. The molecule has 0 amide bonds. The number of hydrogen-bond donors (Lipinski definition) is 1. The Bertz CT molecular complexity index is 388. The Kier molecular flexibility index (Phi) is 7.34. The first-order chi connectivity index (χ1) is 9.02. The molecule has 1 atom stereocenters. The highest BCUT2D eigenvalue weighted by Gasteiger charge is 2.12. The number of methoxy groups -OCH3 is 1. The van der Waals surface area contributed by atoms with Crippen molar-refractivity contribution in [2.45, 2.75) is 20.0 Å². The molecule has 1 N–H and O–H groups in total. The minimum Gasteiger partial charge on any atom is -0.486 e. The van der Waals surface area contributed by atoms with Gasteiger partial charge in [0.05, 0.1) is 11.1 Å². The predicted octanol–water partition coefficient (Wildman–Crippen LogP) is 3.23. The summed E-state index contributed by atoms with van der Waals surface area (Å²) in [6.07, 6.45) is -0.106. The van der Waals surface area contributed by atoms with Gasteiger partial charge in [0.2, 0.25) is 0 Å². The molecule has 0 bridgehead atoms. The van der Waals surface area contributed by atoms with Crippen LogP contribution < -0.4 is 10.1 Å². The Morgan fingerprint density at radius 1 is 1.32 bits per heavy atom. The zero-order valence-electron chi connectivity index (χ0n) is 11.6. The van der Waals surface area contributed by atoms with Crippen molar-refractivity contribution in [3.8, 4) is 5.75 Å². The number of rotatable bonds is 8. The Balaban J connectivity index is 2.56. The lowest BCUT2D eigenvalue weighted by molar-refractivity contribution is 0.0797. The average Bonchev–Trinajstić information content (AvgIpc) is 2.32. The molecule has 0 aromatic heterocycles. The van der Waals surface area contributed by atoms with Crippen LogP contribution in [0.1, 0.15) is 13.8 Å². The number of ether oxygens (including phenoxy) is 2. The molecule has 5 heteroatoms. The minimum atomic E-state index is -0.291. The Hall–Kier alpha value is -0.650. The highest BCUT2D eigenvalue weighted by Crippen LogP contribution is 2.26. The van der Waals surface area contributed by atoms with Crippen LogP contribution in [0.5, 0.6) is 5.75 Å². The van der Waals surface area contributed by atoms with Crippen LogP contribution in [0.4, 0.5) is 4.39 Å². The maximum atomic E-state index is 13.0. The molecule has 108 valence electrons. The van der Waals surface area contributed by atoms with E-state index in [1.165, 1.54) is 12.1 Å². The first-order valence-corrected chi connectivity index (χ1v) is 7.13. The molecule has 1 rings (SSSR count). The highest BCUT2D eigenvalue weighted by atomic mass is 79.9. The highest BCUT2D eigenvalue weighted by molar-refractivity contribution is 9.10. The molecule has 0 saturated carbocycles. The lowest BCUT2D eigenvalue weighted by Gasteiger charge is -2.20. The smallest absolute Gasteiger partial charge is 0.134 e. The molecule has 0 fully saturated rings. The van der Waals surface area contributed by atoms with Crippen molar-refractivity contribution in [1.82, 2.24) is 5.32 Å². The molecule has 19 heavy (non-hydrogen) atoms. The van der Waals surface area contributed by atoms with Crippen LogP contribution >= 0.6 is 15.9 Å². The summed E-state index contributed by atoms with van der Waals surface area (Å²) in [4.78, 5) is 0. The van der Waals surface area contributed by atoms with Crippen LogP contribution in [0.15, 0.2) is 22.7 Å². The summed E-state index contributed by atoms with van der Waals surface area (Å²) in [5.41, 5.74) is 0. The third kappa shape index (κ3) is 6.36. The standard InChI is InChI=1S/C14H21BrFNO2/c1-10(2)7-17-8-12(9-18-3)19-14-5-4-11(16)6-13(14)15/h4-6,10,12,17H,7-9H2,1-3H3. The van der Waals surface area contributed by atoms with Crippen molar-refractivity contribution in [2.75, 3.05) is 26.8 Å². The van der Waals surface area contributed by atoms with Gasteiger partial charge in [0.25, 0.3) is 0 Å². The van der Waals surface area contributed by atoms with Gasteiger partial charge >= 0.3 is 0 Å². The van der Waals surface area contributed by atoms with E-state index in [1.807, 2.05) is 0 Å². The number of hydrogen-bond acceptors (Lipinski definition) is 3. The van der Waals surface area contributed by atoms with Crippen LogP contribution in [-0.4, -0.2) is 32.9 Å². The maximum Gasteiger partial charge on any atom is 0.134 e. The van der Waals surface area contributed by atoms with Crippen molar-refractivity contribution in [2.24, 2.45) is 5.92 Å². The fourth-order valence-corrected chi connectivity index (χ4v) is 2.05. The van der Waals surface area contributed by atoms with E-state index in [-0.39, 0.29) is 11.9 Å². The second-order valence-electron chi connectivity index (χ2n) is 4.82. The van der Waals surface area contributed by atoms with E-state index in [9.17, 15) is 4.39 Å². The summed E-state index contributed by atoms with van der Waals surface area (Å²) in [6.45, 7) is 6.39. The molecule has 0 aliphatic carbocycles. The molecule has 1 unspecified atom stereocenters. The molecule has 0 spiro atoms. The molecule has 0 aliphatic rings. The molecular weight excluding hydrogens is 313 g/mol. The predicted molar refractivity (Wildman–Crippen MR) is 78.1 cm³/mol. The number of benzene rings is 1. The van der Waals surface area contributed by atoms with Crippen molar-refractivity contribution in [3.05, 3.63) is 28.5 Å². The third-order valence-corrected chi connectivity index (χ3v) is 3.08. The zero-order valence-corrected chi connectivity index (χ0v) is 13.2. The van der Waals surface area contributed by atoms with Gasteiger partial charge in [-0.25, -0.2) is 4.39 Å². The largest absolute Gasteiger partial charge is 0.486 e. The fraction of sp³-hybridized carbons (Fsp3) is 0.571. The van der Waals surface area contributed by atoms with Gasteiger partial charge in [-0.2, -0.15) is 0 Å². The lowest BCUT2D eigenvalue weighted by atomic mass is 10.2. The summed E-state index contributed by atoms with van der Waals surface area (Å²) in [7, 11) is 1.64. The SMILES string of the molecule is COCC(CNCC(C)C)Oc1ccc(F)cc1Br. The average molecular weight is 334 g/mol. The van der Waals surface area contributed by atoms with E-state index in [0.717, 1.165) is 6.54 Å². The summed E-state index contributed by atoms with van der Waals surface area (Å²) < 4.78 is 24.6. The quantitative estimate of drug-likeness (QED) is 0.792. The van der Waals surface area contributed by atoms with Crippen LogP contribution in [0.25, 0.3) is 0 Å². The van der Waals surface area contributed by atoms with Crippen LogP contribution in [0, 0.1) is 11.7 Å². The molecule has 0 heterocycles. The molecule has 0 radical (unpaired) electrons. The number of halogens is 2. The Labute approximate surface area is 122 Å². The normalized spacial score (nSPS) is 12.7. The molecular formula is C14H21BrFNO2. The monoisotopic (exact) mass is 333 g/mol. The van der Waals surface area contributed by atoms with Gasteiger partial charge in [0.1, 0.15) is 17.7 Å². The zero-order chi connectivity index (χ0) is 14.3. The van der Waals surface area contributed by atoms with Crippen LogP contribution in [0.3, 0.4) is 0 Å². The van der Waals surface area contributed by atoms with Gasteiger partial charge in [0.15, 0.2) is 0 Å². The van der Waals surface area contributed by atoms with Gasteiger partial charge in [-0.05, 0) is 46.6 Å². The summed E-state index contributed by atoms with van der Waals surface area (Å²) in [6, 6.07) is 4.39. The molecule has 0 aliphatic heterocycles. The first-order valence-electron chi connectivity index (χ1n) is 6.34. The van der Waals surface area contributed by atoms with Crippen LogP contribution in [-0.2, 0) is 4.74 Å². The van der Waals surface area contributed by atoms with Crippen molar-refractivity contribution in [3.63, 3.8) is 0 Å². The molecule has 1 aromatic rings. The maximum absolute atomic E-state index is 13.0. The summed E-state index contributed by atoms with van der Waals surface area (Å²) in [5, 5.41) is 3.33. The summed E-state index contributed by atoms with van der Waals surface area (Å²) >= 11 is 3.29. The number of nitrogens with one attached hydrogen (secondary N) is 1. The van der Waals surface area contributed by atoms with E-state index in [4.69, 9.17) is 9.47 Å².